The largest absolute Gasteiger partial charge is 0.311 e. The number of nitriles is 1. The lowest BCUT2D eigenvalue weighted by molar-refractivity contribution is 0.759. The first-order chi connectivity index (χ1) is 4.27. The van der Waals surface area contributed by atoms with Crippen molar-refractivity contribution in [3.05, 3.63) is 11.1 Å². The number of nitrogens with zero attached hydrogens (tertiary/aromatic N) is 1. The molecule has 0 saturated heterocycles. The summed E-state index contributed by atoms with van der Waals surface area (Å²) in [5.74, 6) is 0. The molecule has 0 spiro atoms. The molecule has 3 heteroatoms. The van der Waals surface area contributed by atoms with Crippen LogP contribution < -0.4 is 5.32 Å². The molecule has 0 bridgehead atoms. The number of halogens is 1. The SMILES string of the molecule is C=C(Br)CNCCC#N. The fraction of sp³-hybridized carbons (Fsp3) is 0.500. The van der Waals surface area contributed by atoms with E-state index in [1.807, 2.05) is 6.07 Å². The van der Waals surface area contributed by atoms with Gasteiger partial charge < -0.3 is 5.32 Å². The second kappa shape index (κ2) is 5.80. The highest BCUT2D eigenvalue weighted by atomic mass is 79.9. The van der Waals surface area contributed by atoms with Crippen LogP contribution in [0.2, 0.25) is 0 Å². The first-order valence-corrected chi connectivity index (χ1v) is 3.47. The molecule has 1 N–H and O–H groups in total. The van der Waals surface area contributed by atoms with Crippen LogP contribution in [-0.4, -0.2) is 13.1 Å². The molecule has 0 aromatic carbocycles. The van der Waals surface area contributed by atoms with Crippen LogP contribution in [-0.2, 0) is 0 Å². The lowest BCUT2D eigenvalue weighted by Gasteiger charge is -1.96. The van der Waals surface area contributed by atoms with Crippen molar-refractivity contribution in [2.45, 2.75) is 6.42 Å². The molecule has 0 fully saturated rings. The third kappa shape index (κ3) is 7.67. The van der Waals surface area contributed by atoms with Crippen molar-refractivity contribution in [1.29, 1.82) is 5.26 Å². The van der Waals surface area contributed by atoms with Crippen molar-refractivity contribution in [1.82, 2.24) is 5.32 Å². The molecule has 0 aliphatic rings. The van der Waals surface area contributed by atoms with Gasteiger partial charge in [0.05, 0.1) is 6.07 Å². The van der Waals surface area contributed by atoms with E-state index in [-0.39, 0.29) is 0 Å². The molecule has 0 saturated carbocycles. The van der Waals surface area contributed by atoms with E-state index >= 15 is 0 Å². The molecule has 0 aliphatic carbocycles. The minimum Gasteiger partial charge on any atom is -0.311 e. The van der Waals surface area contributed by atoms with Crippen molar-refractivity contribution >= 4 is 15.9 Å². The van der Waals surface area contributed by atoms with Crippen LogP contribution in [0.1, 0.15) is 6.42 Å². The maximum Gasteiger partial charge on any atom is 0.0635 e. The van der Waals surface area contributed by atoms with Crippen LogP contribution in [0.3, 0.4) is 0 Å². The number of rotatable bonds is 4. The van der Waals surface area contributed by atoms with Gasteiger partial charge in [0.25, 0.3) is 0 Å². The summed E-state index contributed by atoms with van der Waals surface area (Å²) in [6.45, 7) is 5.10. The van der Waals surface area contributed by atoms with Crippen LogP contribution in [0.25, 0.3) is 0 Å². The number of hydrogen-bond acceptors (Lipinski definition) is 2. The van der Waals surface area contributed by atoms with Gasteiger partial charge in [-0.05, 0) is 0 Å². The van der Waals surface area contributed by atoms with Crippen molar-refractivity contribution in [2.75, 3.05) is 13.1 Å². The van der Waals surface area contributed by atoms with E-state index in [4.69, 9.17) is 5.26 Å². The minimum atomic E-state index is 0.556. The topological polar surface area (TPSA) is 35.8 Å². The molecule has 0 amide bonds. The van der Waals surface area contributed by atoms with Crippen LogP contribution in [0, 0.1) is 11.3 Å². The van der Waals surface area contributed by atoms with Gasteiger partial charge in [-0.1, -0.05) is 22.5 Å². The summed E-state index contributed by atoms with van der Waals surface area (Å²) in [7, 11) is 0. The van der Waals surface area contributed by atoms with Crippen LogP contribution in [0.15, 0.2) is 11.1 Å². The van der Waals surface area contributed by atoms with E-state index in [2.05, 4.69) is 27.8 Å². The van der Waals surface area contributed by atoms with Gasteiger partial charge in [-0.15, -0.1) is 0 Å². The molecule has 0 atom stereocenters. The predicted octanol–water partition coefficient (Wildman–Crippen LogP) is 1.40. The molecule has 9 heavy (non-hydrogen) atoms. The van der Waals surface area contributed by atoms with Gasteiger partial charge in [0.1, 0.15) is 0 Å². The quantitative estimate of drug-likeness (QED) is 0.678. The molecule has 0 unspecified atom stereocenters. The highest BCUT2D eigenvalue weighted by molar-refractivity contribution is 9.11. The standard InChI is InChI=1S/C6H9BrN2/c1-6(7)5-9-4-2-3-8/h9H,1-2,4-5H2. The first kappa shape index (κ1) is 8.67. The summed E-state index contributed by atoms with van der Waals surface area (Å²) in [6.07, 6.45) is 0.556. The van der Waals surface area contributed by atoms with Gasteiger partial charge in [-0.2, -0.15) is 5.26 Å². The Labute approximate surface area is 63.7 Å². The molecule has 0 aliphatic heterocycles. The molecule has 0 aromatic heterocycles. The summed E-state index contributed by atoms with van der Waals surface area (Å²) >= 11 is 3.19. The second-order valence-corrected chi connectivity index (χ2v) is 2.72. The Bertz CT molecular complexity index is 126. The summed E-state index contributed by atoms with van der Waals surface area (Å²) in [4.78, 5) is 0. The average Bonchev–Trinajstić information content (AvgIpc) is 1.80. The Morgan fingerprint density at radius 1 is 1.78 bits per heavy atom. The van der Waals surface area contributed by atoms with Crippen molar-refractivity contribution in [3.63, 3.8) is 0 Å². The van der Waals surface area contributed by atoms with Gasteiger partial charge >= 0.3 is 0 Å². The molecule has 2 nitrogen and oxygen atoms in total. The Hall–Kier alpha value is -0.330. The molecular weight excluding hydrogens is 180 g/mol. The van der Waals surface area contributed by atoms with Gasteiger partial charge in [0.15, 0.2) is 0 Å². The fourth-order valence-corrected chi connectivity index (χ4v) is 0.567. The zero-order chi connectivity index (χ0) is 7.11. The molecule has 0 rings (SSSR count). The van der Waals surface area contributed by atoms with Gasteiger partial charge in [-0.25, -0.2) is 0 Å². The molecule has 50 valence electrons. The molecule has 0 heterocycles. The van der Waals surface area contributed by atoms with E-state index in [9.17, 15) is 0 Å². The third-order valence-corrected chi connectivity index (χ3v) is 1.01. The zero-order valence-electron chi connectivity index (χ0n) is 5.15. The Balaban J connectivity index is 2.94. The van der Waals surface area contributed by atoms with Crippen LogP contribution in [0.4, 0.5) is 0 Å². The normalized spacial score (nSPS) is 8.44. The smallest absolute Gasteiger partial charge is 0.0635 e. The summed E-state index contributed by atoms with van der Waals surface area (Å²) in [6, 6.07) is 2.03. The minimum absolute atomic E-state index is 0.556. The monoisotopic (exact) mass is 188 g/mol. The van der Waals surface area contributed by atoms with Crippen molar-refractivity contribution in [3.8, 4) is 6.07 Å². The van der Waals surface area contributed by atoms with Crippen molar-refractivity contribution in [2.24, 2.45) is 0 Å². The molecule has 0 radical (unpaired) electrons. The van der Waals surface area contributed by atoms with E-state index < -0.39 is 0 Å². The lowest BCUT2D eigenvalue weighted by Crippen LogP contribution is -2.15. The zero-order valence-corrected chi connectivity index (χ0v) is 6.74. The van der Waals surface area contributed by atoms with Crippen LogP contribution >= 0.6 is 15.9 Å². The van der Waals surface area contributed by atoms with Crippen LogP contribution in [0.5, 0.6) is 0 Å². The van der Waals surface area contributed by atoms with E-state index in [0.29, 0.717) is 6.42 Å². The highest BCUT2D eigenvalue weighted by Crippen LogP contribution is 1.95. The molecule has 0 aromatic rings. The summed E-state index contributed by atoms with van der Waals surface area (Å²) in [5, 5.41) is 11.1. The highest BCUT2D eigenvalue weighted by Gasteiger charge is 1.85. The summed E-state index contributed by atoms with van der Waals surface area (Å²) in [5.41, 5.74) is 0. The summed E-state index contributed by atoms with van der Waals surface area (Å²) < 4.78 is 0.917. The molecular formula is C6H9BrN2. The fourth-order valence-electron chi connectivity index (χ4n) is 0.368. The Morgan fingerprint density at radius 3 is 2.89 bits per heavy atom. The van der Waals surface area contributed by atoms with Crippen molar-refractivity contribution < 1.29 is 0 Å². The number of nitrogens with one attached hydrogen (secondary N) is 1. The average molecular weight is 189 g/mol. The maximum atomic E-state index is 8.11. The predicted molar refractivity (Wildman–Crippen MR) is 41.2 cm³/mol. The Kier molecular flexibility index (Phi) is 5.59. The van der Waals surface area contributed by atoms with E-state index in [1.165, 1.54) is 0 Å². The first-order valence-electron chi connectivity index (χ1n) is 2.68. The van der Waals surface area contributed by atoms with E-state index in [0.717, 1.165) is 17.6 Å². The van der Waals surface area contributed by atoms with Gasteiger partial charge in [-0.3, -0.25) is 0 Å². The van der Waals surface area contributed by atoms with Gasteiger partial charge in [0, 0.05) is 24.0 Å². The number of hydrogen-bond donors (Lipinski definition) is 1. The Morgan fingerprint density at radius 2 is 2.44 bits per heavy atom. The van der Waals surface area contributed by atoms with E-state index in [1.54, 1.807) is 0 Å². The maximum absolute atomic E-state index is 8.11. The third-order valence-electron chi connectivity index (χ3n) is 0.730. The lowest BCUT2D eigenvalue weighted by atomic mass is 10.4. The van der Waals surface area contributed by atoms with Gasteiger partial charge in [0.2, 0.25) is 0 Å². The second-order valence-electron chi connectivity index (χ2n) is 1.60.